The summed E-state index contributed by atoms with van der Waals surface area (Å²) in [6.45, 7) is 3.14. The van der Waals surface area contributed by atoms with Crippen molar-refractivity contribution in [3.8, 4) is 5.75 Å². The Morgan fingerprint density at radius 1 is 1.40 bits per heavy atom. The van der Waals surface area contributed by atoms with Crippen molar-refractivity contribution in [2.45, 2.75) is 51.1 Å². The third kappa shape index (κ3) is 4.45. The van der Waals surface area contributed by atoms with Gasteiger partial charge in [-0.1, -0.05) is 19.1 Å². The molecule has 1 heterocycles. The standard InChI is InChI=1S/C19H25N3O2S/c1-2-9-21-13-10-15(20)18-17(11-13)25-19(22-18)16(24)8-5-12-3-6-14(23)7-4-12/h3-4,6-7,13,15,21,23H,2,5,8-11,20H2,1H3. The van der Waals surface area contributed by atoms with Crippen LogP contribution in [0.2, 0.25) is 0 Å². The molecule has 0 saturated carbocycles. The van der Waals surface area contributed by atoms with E-state index < -0.39 is 0 Å². The van der Waals surface area contributed by atoms with Gasteiger partial charge >= 0.3 is 0 Å². The highest BCUT2D eigenvalue weighted by Gasteiger charge is 2.29. The number of ketones is 1. The Balaban J connectivity index is 1.63. The molecule has 2 atom stereocenters. The van der Waals surface area contributed by atoms with Crippen LogP contribution in [0.5, 0.6) is 5.75 Å². The number of fused-ring (bicyclic) bond motifs is 1. The van der Waals surface area contributed by atoms with Crippen LogP contribution in [0.3, 0.4) is 0 Å². The van der Waals surface area contributed by atoms with Crippen molar-refractivity contribution in [2.24, 2.45) is 5.73 Å². The van der Waals surface area contributed by atoms with E-state index in [0.29, 0.717) is 23.9 Å². The number of nitrogens with one attached hydrogen (secondary N) is 1. The molecule has 2 aromatic rings. The summed E-state index contributed by atoms with van der Waals surface area (Å²) >= 11 is 1.50. The molecule has 4 N–H and O–H groups in total. The second-order valence-electron chi connectivity index (χ2n) is 6.61. The van der Waals surface area contributed by atoms with Gasteiger partial charge in [0.1, 0.15) is 5.75 Å². The first-order chi connectivity index (χ1) is 12.1. The number of aromatic nitrogens is 1. The highest BCUT2D eigenvalue weighted by atomic mass is 32.1. The zero-order chi connectivity index (χ0) is 17.8. The van der Waals surface area contributed by atoms with Gasteiger partial charge < -0.3 is 16.2 Å². The van der Waals surface area contributed by atoms with E-state index in [0.717, 1.165) is 41.9 Å². The zero-order valence-corrected chi connectivity index (χ0v) is 15.3. The molecule has 3 rings (SSSR count). The van der Waals surface area contributed by atoms with Crippen molar-refractivity contribution < 1.29 is 9.90 Å². The molecule has 0 aliphatic heterocycles. The number of nitrogens with two attached hydrogens (primary N) is 1. The summed E-state index contributed by atoms with van der Waals surface area (Å²) in [4.78, 5) is 18.2. The Morgan fingerprint density at radius 2 is 2.16 bits per heavy atom. The number of nitrogens with zero attached hydrogens (tertiary/aromatic N) is 1. The van der Waals surface area contributed by atoms with E-state index in [1.54, 1.807) is 12.1 Å². The first-order valence-corrected chi connectivity index (χ1v) is 9.68. The van der Waals surface area contributed by atoms with Crippen molar-refractivity contribution in [1.82, 2.24) is 10.3 Å². The first-order valence-electron chi connectivity index (χ1n) is 8.86. The maximum Gasteiger partial charge on any atom is 0.191 e. The quantitative estimate of drug-likeness (QED) is 0.662. The Labute approximate surface area is 152 Å². The largest absolute Gasteiger partial charge is 0.508 e. The molecule has 1 aromatic carbocycles. The maximum absolute atomic E-state index is 12.5. The molecule has 0 amide bonds. The molecule has 25 heavy (non-hydrogen) atoms. The van der Waals surface area contributed by atoms with Gasteiger partial charge in [0, 0.05) is 23.4 Å². The van der Waals surface area contributed by atoms with E-state index in [1.807, 2.05) is 12.1 Å². The van der Waals surface area contributed by atoms with E-state index in [1.165, 1.54) is 11.3 Å². The van der Waals surface area contributed by atoms with Gasteiger partial charge in [-0.2, -0.15) is 0 Å². The number of hydrogen-bond acceptors (Lipinski definition) is 6. The molecule has 0 radical (unpaired) electrons. The molecule has 0 fully saturated rings. The lowest BCUT2D eigenvalue weighted by molar-refractivity contribution is 0.0982. The minimum atomic E-state index is -0.0898. The van der Waals surface area contributed by atoms with Gasteiger partial charge in [0.05, 0.1) is 5.69 Å². The summed E-state index contributed by atoms with van der Waals surface area (Å²) in [6.07, 6.45) is 3.95. The van der Waals surface area contributed by atoms with E-state index in [9.17, 15) is 9.90 Å². The number of rotatable bonds is 7. The van der Waals surface area contributed by atoms with E-state index in [4.69, 9.17) is 5.73 Å². The SMILES string of the molecule is CCCNC1Cc2sc(C(=O)CCc3ccc(O)cc3)nc2C(N)C1. The summed E-state index contributed by atoms with van der Waals surface area (Å²) < 4.78 is 0. The van der Waals surface area contributed by atoms with Crippen LogP contribution in [0.1, 0.15) is 58.2 Å². The summed E-state index contributed by atoms with van der Waals surface area (Å²) in [5.41, 5.74) is 8.22. The van der Waals surface area contributed by atoms with Crippen molar-refractivity contribution >= 4 is 17.1 Å². The lowest BCUT2D eigenvalue weighted by Crippen LogP contribution is -2.38. The highest BCUT2D eigenvalue weighted by Crippen LogP contribution is 2.32. The Morgan fingerprint density at radius 3 is 2.88 bits per heavy atom. The van der Waals surface area contributed by atoms with Crippen LogP contribution in [0.4, 0.5) is 0 Å². The lowest BCUT2D eigenvalue weighted by atomic mass is 9.93. The van der Waals surface area contributed by atoms with Gasteiger partial charge in [0.25, 0.3) is 0 Å². The second-order valence-corrected chi connectivity index (χ2v) is 7.70. The number of carbonyl (C=O) groups excluding carboxylic acids is 1. The van der Waals surface area contributed by atoms with Gasteiger partial charge in [0.15, 0.2) is 10.8 Å². The topological polar surface area (TPSA) is 88.2 Å². The number of Topliss-reactive ketones (excluding diaryl/α,β-unsaturated/α-hetero) is 1. The Kier molecular flexibility index (Phi) is 5.83. The minimum Gasteiger partial charge on any atom is -0.508 e. The first kappa shape index (κ1) is 18.0. The summed E-state index contributed by atoms with van der Waals surface area (Å²) in [7, 11) is 0. The predicted octanol–water partition coefficient (Wildman–Crippen LogP) is 2.98. The van der Waals surface area contributed by atoms with Crippen LogP contribution in [0, 0.1) is 0 Å². The average molecular weight is 359 g/mol. The fourth-order valence-electron chi connectivity index (χ4n) is 3.18. The molecular weight excluding hydrogens is 334 g/mol. The van der Waals surface area contributed by atoms with Crippen LogP contribution in [-0.4, -0.2) is 28.5 Å². The minimum absolute atomic E-state index is 0.0674. The number of hydrogen-bond donors (Lipinski definition) is 3. The molecule has 6 heteroatoms. The van der Waals surface area contributed by atoms with Gasteiger partial charge in [0.2, 0.25) is 0 Å². The van der Waals surface area contributed by atoms with Crippen molar-refractivity contribution in [2.75, 3.05) is 6.54 Å². The van der Waals surface area contributed by atoms with Crippen LogP contribution in [-0.2, 0) is 12.8 Å². The number of aromatic hydroxyl groups is 1. The summed E-state index contributed by atoms with van der Waals surface area (Å²) in [6, 6.07) is 7.26. The third-order valence-corrected chi connectivity index (χ3v) is 5.68. The molecule has 0 spiro atoms. The van der Waals surface area contributed by atoms with Crippen LogP contribution in [0.15, 0.2) is 24.3 Å². The summed E-state index contributed by atoms with van der Waals surface area (Å²) in [5.74, 6) is 0.306. The number of phenolic OH excluding ortho intramolecular Hbond substituents is 1. The van der Waals surface area contributed by atoms with Crippen molar-refractivity contribution in [3.05, 3.63) is 45.4 Å². The van der Waals surface area contributed by atoms with Gasteiger partial charge in [-0.05, 0) is 49.9 Å². The normalized spacial score (nSPS) is 19.6. The number of thiazole rings is 1. The number of phenols is 1. The molecule has 1 aliphatic carbocycles. The fraction of sp³-hybridized carbons (Fsp3) is 0.474. The van der Waals surface area contributed by atoms with Crippen molar-refractivity contribution in [1.29, 1.82) is 0 Å². The molecule has 1 aromatic heterocycles. The van der Waals surface area contributed by atoms with Gasteiger partial charge in [-0.15, -0.1) is 11.3 Å². The molecule has 134 valence electrons. The fourth-order valence-corrected chi connectivity index (χ4v) is 4.35. The number of carbonyl (C=O) groups is 1. The van der Waals surface area contributed by atoms with Crippen LogP contribution in [0.25, 0.3) is 0 Å². The zero-order valence-electron chi connectivity index (χ0n) is 14.5. The molecule has 0 saturated heterocycles. The molecule has 0 bridgehead atoms. The van der Waals surface area contributed by atoms with Gasteiger partial charge in [-0.3, -0.25) is 4.79 Å². The van der Waals surface area contributed by atoms with E-state index in [-0.39, 0.29) is 17.6 Å². The molecule has 5 nitrogen and oxygen atoms in total. The second kappa shape index (κ2) is 8.08. The van der Waals surface area contributed by atoms with E-state index >= 15 is 0 Å². The molecule has 2 unspecified atom stereocenters. The average Bonchev–Trinajstić information content (AvgIpc) is 3.04. The Bertz CT molecular complexity index is 727. The maximum atomic E-state index is 12.5. The molecule has 1 aliphatic rings. The molecular formula is C19H25N3O2S. The predicted molar refractivity (Wildman–Crippen MR) is 100 cm³/mol. The number of aryl methyl sites for hydroxylation is 1. The summed E-state index contributed by atoms with van der Waals surface area (Å²) in [5, 5.41) is 13.4. The lowest BCUT2D eigenvalue weighted by Gasteiger charge is -2.26. The van der Waals surface area contributed by atoms with Crippen LogP contribution >= 0.6 is 11.3 Å². The van der Waals surface area contributed by atoms with Crippen molar-refractivity contribution in [3.63, 3.8) is 0 Å². The van der Waals surface area contributed by atoms with E-state index in [2.05, 4.69) is 17.2 Å². The smallest absolute Gasteiger partial charge is 0.191 e. The van der Waals surface area contributed by atoms with Gasteiger partial charge in [-0.25, -0.2) is 4.98 Å². The van der Waals surface area contributed by atoms with Crippen LogP contribution < -0.4 is 11.1 Å². The monoisotopic (exact) mass is 359 g/mol. The number of benzene rings is 1. The highest BCUT2D eigenvalue weighted by molar-refractivity contribution is 7.13. The third-order valence-electron chi connectivity index (χ3n) is 4.55. The Hall–Kier alpha value is -1.76.